The number of carboxylic acid groups (broad SMARTS) is 4. The fourth-order valence-electron chi connectivity index (χ4n) is 16.5. The van der Waals surface area contributed by atoms with Crippen LogP contribution in [0.15, 0.2) is 0 Å². The molecule has 59 nitrogen and oxygen atoms in total. The number of esters is 1. The summed E-state index contributed by atoms with van der Waals surface area (Å²) in [5.74, 6) is -30.3. The first kappa shape index (κ1) is 109. The monoisotopic (exact) mass is 1910 g/mol. The first-order valence-corrected chi connectivity index (χ1v) is 40.5. The number of nitrogens with one attached hydrogen (secondary N) is 5. The van der Waals surface area contributed by atoms with Crippen molar-refractivity contribution in [2.75, 3.05) is 52.9 Å². The number of carbonyl (C=O) groups is 10. The van der Waals surface area contributed by atoms with Crippen molar-refractivity contribution in [3.8, 4) is 0 Å². The highest BCUT2D eigenvalue weighted by Crippen LogP contribution is 2.46. The lowest BCUT2D eigenvalue weighted by atomic mass is 9.87. The van der Waals surface area contributed by atoms with Gasteiger partial charge in [0.1, 0.15) is 177 Å². The van der Waals surface area contributed by atoms with Crippen LogP contribution in [-0.4, -0.2) is 523 Å². The quantitative estimate of drug-likeness (QED) is 0.0253. The first-order chi connectivity index (χ1) is 61.2. The summed E-state index contributed by atoms with van der Waals surface area (Å²) < 4.78 is 92.5. The molecule has 0 aliphatic carbocycles. The van der Waals surface area contributed by atoms with Crippen LogP contribution in [0, 0.1) is 0 Å². The van der Waals surface area contributed by atoms with E-state index in [-0.39, 0.29) is 0 Å². The van der Waals surface area contributed by atoms with Crippen LogP contribution in [0.4, 0.5) is 0 Å². The molecule has 8 fully saturated rings. The van der Waals surface area contributed by atoms with Crippen molar-refractivity contribution >= 4 is 59.4 Å². The third-order valence-electron chi connectivity index (χ3n) is 22.9. The van der Waals surface area contributed by atoms with E-state index in [1.807, 2.05) is 0 Å². The van der Waals surface area contributed by atoms with Crippen LogP contribution < -0.4 is 26.6 Å². The van der Waals surface area contributed by atoms with Crippen LogP contribution in [0.25, 0.3) is 0 Å². The molecule has 8 rings (SSSR count). The van der Waals surface area contributed by atoms with Crippen LogP contribution in [-0.2, 0) is 124 Å². The van der Waals surface area contributed by atoms with Gasteiger partial charge in [0.25, 0.3) is 23.1 Å². The van der Waals surface area contributed by atoms with Gasteiger partial charge in [0.15, 0.2) is 25.2 Å². The van der Waals surface area contributed by atoms with Gasteiger partial charge in [0, 0.05) is 67.2 Å². The number of aliphatic hydroxyl groups excluding tert-OH is 24. The molecule has 5 amide bonds. The second-order valence-corrected chi connectivity index (χ2v) is 32.4. The predicted octanol–water partition coefficient (Wildman–Crippen LogP) is -20.3. The number of aliphatic hydroxyl groups is 24. The Bertz CT molecular complexity index is 3850. The lowest BCUT2D eigenvalue weighted by Crippen LogP contribution is -2.73. The zero-order valence-corrected chi connectivity index (χ0v) is 70.2. The Morgan fingerprint density at radius 3 is 1.02 bits per heavy atom. The average Bonchev–Trinajstić information content (AvgIpc) is 0.730. The number of amides is 5. The molecular formula is C72H115N5O54. The molecule has 0 aromatic carbocycles. The van der Waals surface area contributed by atoms with Gasteiger partial charge >= 0.3 is 29.8 Å². The Morgan fingerprint density at radius 1 is 0.336 bits per heavy atom. The van der Waals surface area contributed by atoms with Gasteiger partial charge in [-0.1, -0.05) is 0 Å². The van der Waals surface area contributed by atoms with Gasteiger partial charge in [-0.2, -0.15) is 0 Å². The highest BCUT2D eigenvalue weighted by atomic mass is 16.8. The largest absolute Gasteiger partial charge is 0.477 e. The molecule has 0 aromatic heterocycles. The SMILES string of the molecule is CC(=O)N[C@H]1[C@H](O[C@@H]2[C@H](O[C@]3(C(=O)O)C[C@H](O)[C@@H](NC(C)=O)[C@H]([C@H](O)[C@@H](CO)O[C@]4(C(=O)O)C[C@H](O)[C@@H](NC(C)=O)[C@H]([C@H](O)[C@H](O)COC(C)=O)O4)O3)[C@@H](O)[C@H](O[C@H]3[C@H](O)[C@@H](O)[C@H](O)O[C@@H]3CO)O[C@@H]2CO)O[C@H](CO)[C@H](O)[C@@H]1O[C@@H]1O[C@H](CO)[C@H](O)[C@H](O[C@]2(C(=O)O)C[C@H](O)[C@@H](NC(C)=O)[C@H]([C@H](O)[C@@H](CO)O[C@]3(C(=O)O)C[C@H](O)[C@@H](NC(C)=O)[C@H]([C@H](O)[C@H](O)CO)O3)O2)[C@H]1O. The summed E-state index contributed by atoms with van der Waals surface area (Å²) >= 11 is 0. The van der Waals surface area contributed by atoms with E-state index in [2.05, 4.69) is 26.6 Å². The fourth-order valence-corrected chi connectivity index (χ4v) is 16.5. The second kappa shape index (κ2) is 45.9. The third kappa shape index (κ3) is 24.4. The number of rotatable bonds is 40. The van der Waals surface area contributed by atoms with Gasteiger partial charge < -0.3 is 245 Å². The molecule has 44 atom stereocenters. The molecule has 0 bridgehead atoms. The summed E-state index contributed by atoms with van der Waals surface area (Å²) in [5, 5.41) is 328. The Balaban J connectivity index is 1.18. The van der Waals surface area contributed by atoms with E-state index in [0.717, 1.165) is 41.5 Å². The second-order valence-electron chi connectivity index (χ2n) is 32.4. The maximum Gasteiger partial charge on any atom is 0.364 e. The van der Waals surface area contributed by atoms with E-state index >= 15 is 0 Å². The molecular weight excluding hydrogens is 1800 g/mol. The van der Waals surface area contributed by atoms with Crippen LogP contribution in [0.5, 0.6) is 0 Å². The summed E-state index contributed by atoms with van der Waals surface area (Å²) in [6.45, 7) is -6.18. The fraction of sp³-hybridized carbons (Fsp3) is 0.861. The van der Waals surface area contributed by atoms with E-state index in [1.54, 1.807) is 0 Å². The smallest absolute Gasteiger partial charge is 0.364 e. The first-order valence-electron chi connectivity index (χ1n) is 40.5. The van der Waals surface area contributed by atoms with Gasteiger partial charge in [-0.25, -0.2) is 19.2 Å². The van der Waals surface area contributed by atoms with Crippen LogP contribution in [0.2, 0.25) is 0 Å². The van der Waals surface area contributed by atoms with E-state index in [1.165, 1.54) is 0 Å². The number of aliphatic carboxylic acids is 4. The molecule has 0 unspecified atom stereocenters. The zero-order chi connectivity index (χ0) is 98.2. The van der Waals surface area contributed by atoms with Crippen LogP contribution >= 0.6 is 0 Å². The van der Waals surface area contributed by atoms with Gasteiger partial charge in [-0.05, 0) is 0 Å². The number of hydrogen-bond donors (Lipinski definition) is 33. The van der Waals surface area contributed by atoms with E-state index in [0.29, 0.717) is 0 Å². The number of hydrogen-bond acceptors (Lipinski definition) is 50. The highest BCUT2D eigenvalue weighted by Gasteiger charge is 2.67. The minimum Gasteiger partial charge on any atom is -0.477 e. The highest BCUT2D eigenvalue weighted by molar-refractivity contribution is 5.79. The molecule has 8 aliphatic heterocycles. The minimum atomic E-state index is -3.84. The van der Waals surface area contributed by atoms with Crippen molar-refractivity contribution in [3.63, 3.8) is 0 Å². The predicted molar refractivity (Wildman–Crippen MR) is 401 cm³/mol. The van der Waals surface area contributed by atoms with Crippen LogP contribution in [0.3, 0.4) is 0 Å². The lowest BCUT2D eigenvalue weighted by Gasteiger charge is -2.53. The molecule has 8 saturated heterocycles. The topological polar surface area (TPSA) is 945 Å². The van der Waals surface area contributed by atoms with Gasteiger partial charge in [-0.15, -0.1) is 0 Å². The normalized spacial score (nSPS) is 41.8. The lowest BCUT2D eigenvalue weighted by molar-refractivity contribution is -0.405. The van der Waals surface area contributed by atoms with E-state index in [9.17, 15) is 191 Å². The van der Waals surface area contributed by atoms with Crippen LogP contribution in [0.1, 0.15) is 67.2 Å². The third-order valence-corrected chi connectivity index (χ3v) is 22.9. The van der Waals surface area contributed by atoms with E-state index in [4.69, 9.17) is 75.8 Å². The molecule has 33 N–H and O–H groups in total. The average molecular weight is 1910 g/mol. The molecule has 0 spiro atoms. The summed E-state index contributed by atoms with van der Waals surface area (Å²) in [7, 11) is 0. The molecule has 0 radical (unpaired) electrons. The number of ether oxygens (including phenoxy) is 16. The van der Waals surface area contributed by atoms with Crippen molar-refractivity contribution in [1.29, 1.82) is 0 Å². The Labute approximate surface area is 738 Å². The summed E-state index contributed by atoms with van der Waals surface area (Å²) in [5.41, 5.74) is 0. The Morgan fingerprint density at radius 2 is 0.649 bits per heavy atom. The molecule has 131 heavy (non-hydrogen) atoms. The minimum absolute atomic E-state index is 0.756. The Hall–Kier alpha value is -6.86. The molecule has 752 valence electrons. The Kier molecular flexibility index (Phi) is 38.3. The summed E-state index contributed by atoms with van der Waals surface area (Å²) in [4.78, 5) is 131. The van der Waals surface area contributed by atoms with Crippen molar-refractivity contribution in [1.82, 2.24) is 26.6 Å². The molecule has 0 aromatic rings. The molecule has 8 heterocycles. The van der Waals surface area contributed by atoms with Crippen molar-refractivity contribution in [2.24, 2.45) is 0 Å². The van der Waals surface area contributed by atoms with Crippen molar-refractivity contribution in [3.05, 3.63) is 0 Å². The maximum atomic E-state index is 14.4. The number of carbonyl (C=O) groups excluding carboxylic acids is 6. The van der Waals surface area contributed by atoms with E-state index < -0.39 is 406 Å². The van der Waals surface area contributed by atoms with Gasteiger partial charge in [-0.3, -0.25) is 28.8 Å². The van der Waals surface area contributed by atoms with Crippen molar-refractivity contribution in [2.45, 2.75) is 335 Å². The maximum absolute atomic E-state index is 14.4. The number of carboxylic acids is 4. The van der Waals surface area contributed by atoms with Gasteiger partial charge in [0.2, 0.25) is 29.5 Å². The standard InChI is InChI=1S/C72H115N5O54/c1-19(85)73-37-25(91)7-69(65(108)109,126-55(37)42(97)29(95)11-78)124-33(14-81)46(101)57-39(75-21(3)87)27(93)9-71(128-57,67(112)113)130-59-45(100)32(13-80)119-63(50(59)105)123-54-41(77-23(5)89)62(118-31(12-79)44(54)99)122-53-36(17-84)120-64(121-52-35(16-83)117-61(107)49(104)48(52)103)51(106)60(53)131-72(68(114)115)10-28(94)40(76-22(4)88)58(129-72)47(102)34(15-82)125-70(66(110)111)8-26(92)38(74-20(2)86)56(127-70)43(98)30(96)18-116-24(6)90/h25-64,78-84,91-107H,7-18H2,1-6H3,(H,73,85)(H,74,86)(H,75,87)(H,76,88)(H,77,89)(H,108,109)(H,110,111)(H,112,113)(H,114,115)/t25-,26-,27-,28-,29+,30+,31+,32+,33+,34+,35+,36+,37+,38+,39+,40+,41+,42+,43+,44-,45-,46+,47+,48+,49+,50+,51+,52+,53-,54+,55+,56+,57+,58+,59-,60+,61+,62-,63-,64-,69+,70+,71-,72-/m0/s1. The van der Waals surface area contributed by atoms with Gasteiger partial charge in [0.05, 0.1) is 94.8 Å². The zero-order valence-electron chi connectivity index (χ0n) is 70.2. The van der Waals surface area contributed by atoms with Crippen molar-refractivity contribution < 1.29 is 267 Å². The molecule has 59 heteroatoms. The summed E-state index contributed by atoms with van der Waals surface area (Å²) in [6, 6.07) is -10.4. The molecule has 8 aliphatic rings. The summed E-state index contributed by atoms with van der Waals surface area (Å²) in [6.07, 6.45) is -92.7. The molecule has 0 saturated carbocycles.